The smallest absolute Gasteiger partial charge is 0.0683 e. The zero-order valence-electron chi connectivity index (χ0n) is 9.65. The van der Waals surface area contributed by atoms with Crippen LogP contribution in [0.3, 0.4) is 0 Å². The van der Waals surface area contributed by atoms with Crippen molar-refractivity contribution in [1.29, 1.82) is 0 Å². The van der Waals surface area contributed by atoms with Gasteiger partial charge in [0.25, 0.3) is 0 Å². The summed E-state index contributed by atoms with van der Waals surface area (Å²) in [5.74, 6) is 0. The third kappa shape index (κ3) is 2.54. The van der Waals surface area contributed by atoms with Crippen LogP contribution in [0.15, 0.2) is 24.4 Å². The lowest BCUT2D eigenvalue weighted by atomic mass is 10.2. The molecule has 86 valence electrons. The van der Waals surface area contributed by atoms with Gasteiger partial charge >= 0.3 is 0 Å². The highest BCUT2D eigenvalue weighted by Gasteiger charge is 2.02. The summed E-state index contributed by atoms with van der Waals surface area (Å²) in [6.45, 7) is 2.03. The Labute approximate surface area is 101 Å². The minimum absolute atomic E-state index is 0.764. The topological polar surface area (TPSA) is 21.1 Å². The van der Waals surface area contributed by atoms with E-state index in [9.17, 15) is 0 Å². The standard InChI is InChI=1S/C12H16ClN3/c1-15(2)6-3-7-16-12-5-4-11(13)8-10(12)9-14-16/h4-5,8-9H,3,6-7H2,1-2H3. The Morgan fingerprint density at radius 1 is 1.38 bits per heavy atom. The molecule has 2 rings (SSSR count). The molecule has 1 heterocycles. The number of aryl methyl sites for hydroxylation is 1. The average molecular weight is 238 g/mol. The molecule has 0 amide bonds. The Morgan fingerprint density at radius 2 is 2.19 bits per heavy atom. The van der Waals surface area contributed by atoms with E-state index in [4.69, 9.17) is 11.6 Å². The van der Waals surface area contributed by atoms with Gasteiger partial charge in [0.2, 0.25) is 0 Å². The molecule has 2 aromatic rings. The quantitative estimate of drug-likeness (QED) is 0.815. The third-order valence-electron chi connectivity index (χ3n) is 2.58. The van der Waals surface area contributed by atoms with E-state index < -0.39 is 0 Å². The molecule has 0 fully saturated rings. The second-order valence-corrected chi connectivity index (χ2v) is 4.66. The van der Waals surface area contributed by atoms with E-state index in [1.807, 2.05) is 29.1 Å². The maximum Gasteiger partial charge on any atom is 0.0683 e. The van der Waals surface area contributed by atoms with E-state index in [1.165, 1.54) is 0 Å². The summed E-state index contributed by atoms with van der Waals surface area (Å²) in [5, 5.41) is 6.25. The molecular weight excluding hydrogens is 222 g/mol. The zero-order valence-corrected chi connectivity index (χ0v) is 10.4. The van der Waals surface area contributed by atoms with E-state index >= 15 is 0 Å². The first-order valence-corrected chi connectivity index (χ1v) is 5.80. The van der Waals surface area contributed by atoms with Crippen molar-refractivity contribution >= 4 is 22.5 Å². The molecule has 0 aliphatic heterocycles. The predicted octanol–water partition coefficient (Wildman–Crippen LogP) is 2.64. The fraction of sp³-hybridized carbons (Fsp3) is 0.417. The maximum atomic E-state index is 5.93. The first kappa shape index (κ1) is 11.4. The van der Waals surface area contributed by atoms with Gasteiger partial charge in [0.15, 0.2) is 0 Å². The highest BCUT2D eigenvalue weighted by atomic mass is 35.5. The Hall–Kier alpha value is -1.06. The molecule has 0 radical (unpaired) electrons. The summed E-state index contributed by atoms with van der Waals surface area (Å²) >= 11 is 5.93. The molecule has 4 heteroatoms. The maximum absolute atomic E-state index is 5.93. The molecule has 0 saturated heterocycles. The van der Waals surface area contributed by atoms with Gasteiger partial charge in [0, 0.05) is 17.0 Å². The molecular formula is C12H16ClN3. The largest absolute Gasteiger partial charge is 0.309 e. The van der Waals surface area contributed by atoms with E-state index in [1.54, 1.807) is 0 Å². The lowest BCUT2D eigenvalue weighted by molar-refractivity contribution is 0.382. The summed E-state index contributed by atoms with van der Waals surface area (Å²) in [7, 11) is 4.17. The average Bonchev–Trinajstić information content (AvgIpc) is 2.60. The van der Waals surface area contributed by atoms with Gasteiger partial charge in [-0.3, -0.25) is 4.68 Å². The van der Waals surface area contributed by atoms with Crippen LogP contribution < -0.4 is 0 Å². The Bertz CT molecular complexity index is 476. The van der Waals surface area contributed by atoms with Crippen molar-refractivity contribution in [3.8, 4) is 0 Å². The molecule has 0 bridgehead atoms. The minimum Gasteiger partial charge on any atom is -0.309 e. The fourth-order valence-electron chi connectivity index (χ4n) is 1.77. The van der Waals surface area contributed by atoms with Crippen LogP contribution in [0.1, 0.15) is 6.42 Å². The first-order valence-electron chi connectivity index (χ1n) is 5.42. The van der Waals surface area contributed by atoms with Crippen molar-refractivity contribution in [2.24, 2.45) is 0 Å². The number of nitrogens with zero attached hydrogens (tertiary/aromatic N) is 3. The highest BCUT2D eigenvalue weighted by Crippen LogP contribution is 2.18. The van der Waals surface area contributed by atoms with Crippen molar-refractivity contribution in [1.82, 2.24) is 14.7 Å². The summed E-state index contributed by atoms with van der Waals surface area (Å²) in [5.41, 5.74) is 1.16. The van der Waals surface area contributed by atoms with Crippen molar-refractivity contribution in [3.05, 3.63) is 29.4 Å². The number of rotatable bonds is 4. The van der Waals surface area contributed by atoms with Gasteiger partial charge in [0.05, 0.1) is 11.7 Å². The van der Waals surface area contributed by atoms with Crippen molar-refractivity contribution in [3.63, 3.8) is 0 Å². The normalized spacial score (nSPS) is 11.5. The van der Waals surface area contributed by atoms with Crippen LogP contribution in [-0.4, -0.2) is 35.3 Å². The fourth-order valence-corrected chi connectivity index (χ4v) is 1.95. The summed E-state index contributed by atoms with van der Waals surface area (Å²) in [6, 6.07) is 5.89. The van der Waals surface area contributed by atoms with Crippen LogP contribution in [0.2, 0.25) is 5.02 Å². The molecule has 3 nitrogen and oxygen atoms in total. The third-order valence-corrected chi connectivity index (χ3v) is 2.81. The first-order chi connectivity index (χ1) is 7.66. The molecule has 0 saturated carbocycles. The Morgan fingerprint density at radius 3 is 2.94 bits per heavy atom. The van der Waals surface area contributed by atoms with E-state index in [0.29, 0.717) is 0 Å². The van der Waals surface area contributed by atoms with Gasteiger partial charge in [-0.25, -0.2) is 0 Å². The molecule has 0 aliphatic carbocycles. The van der Waals surface area contributed by atoms with Crippen molar-refractivity contribution < 1.29 is 0 Å². The Balaban J connectivity index is 2.13. The monoisotopic (exact) mass is 237 g/mol. The van der Waals surface area contributed by atoms with E-state index in [2.05, 4.69) is 24.1 Å². The number of halogens is 1. The van der Waals surface area contributed by atoms with Gasteiger partial charge in [-0.1, -0.05) is 11.6 Å². The van der Waals surface area contributed by atoms with Gasteiger partial charge in [-0.05, 0) is 45.3 Å². The molecule has 0 atom stereocenters. The van der Waals surface area contributed by atoms with Gasteiger partial charge < -0.3 is 4.90 Å². The minimum atomic E-state index is 0.764. The number of hydrogen-bond donors (Lipinski definition) is 0. The second kappa shape index (κ2) is 4.85. The molecule has 0 N–H and O–H groups in total. The summed E-state index contributed by atoms with van der Waals surface area (Å²) in [4.78, 5) is 2.18. The summed E-state index contributed by atoms with van der Waals surface area (Å²) in [6.07, 6.45) is 2.98. The lowest BCUT2D eigenvalue weighted by Crippen LogP contribution is -2.15. The Kier molecular flexibility index (Phi) is 3.46. The lowest BCUT2D eigenvalue weighted by Gasteiger charge is -2.09. The van der Waals surface area contributed by atoms with Crippen LogP contribution in [0.5, 0.6) is 0 Å². The van der Waals surface area contributed by atoms with Crippen LogP contribution in [0.25, 0.3) is 10.9 Å². The second-order valence-electron chi connectivity index (χ2n) is 4.23. The van der Waals surface area contributed by atoms with E-state index in [0.717, 1.165) is 35.4 Å². The van der Waals surface area contributed by atoms with Gasteiger partial charge in [0.1, 0.15) is 0 Å². The van der Waals surface area contributed by atoms with Gasteiger partial charge in [-0.2, -0.15) is 5.10 Å². The van der Waals surface area contributed by atoms with Gasteiger partial charge in [-0.15, -0.1) is 0 Å². The molecule has 0 unspecified atom stereocenters. The number of fused-ring (bicyclic) bond motifs is 1. The van der Waals surface area contributed by atoms with Crippen LogP contribution in [0, 0.1) is 0 Å². The molecule has 16 heavy (non-hydrogen) atoms. The number of aromatic nitrogens is 2. The number of benzene rings is 1. The van der Waals surface area contributed by atoms with Crippen LogP contribution in [-0.2, 0) is 6.54 Å². The molecule has 0 spiro atoms. The van der Waals surface area contributed by atoms with Crippen molar-refractivity contribution in [2.45, 2.75) is 13.0 Å². The van der Waals surface area contributed by atoms with Crippen molar-refractivity contribution in [2.75, 3.05) is 20.6 Å². The number of hydrogen-bond acceptors (Lipinski definition) is 2. The molecule has 1 aromatic heterocycles. The SMILES string of the molecule is CN(C)CCCn1ncc2cc(Cl)ccc21. The summed E-state index contributed by atoms with van der Waals surface area (Å²) < 4.78 is 2.04. The molecule has 0 aliphatic rings. The van der Waals surface area contributed by atoms with Crippen LogP contribution >= 0.6 is 11.6 Å². The zero-order chi connectivity index (χ0) is 11.5. The van der Waals surface area contributed by atoms with E-state index in [-0.39, 0.29) is 0 Å². The predicted molar refractivity (Wildman–Crippen MR) is 67.9 cm³/mol. The van der Waals surface area contributed by atoms with Crippen LogP contribution in [0.4, 0.5) is 0 Å². The molecule has 1 aromatic carbocycles. The highest BCUT2D eigenvalue weighted by molar-refractivity contribution is 6.31.